The Kier molecular flexibility index (Phi) is 10.4. The number of carbonyl (C=O) groups is 2. The Bertz CT molecular complexity index is 1340. The number of allylic oxidation sites excluding steroid dienone is 4. The SMILES string of the molecule is C=C(c1cnc(/C(=C\C(=C(/C)CC)c2ccc(F)cc2)C(C)C)[nH]1)N1CCN(C(=O)CCN2CCCCC2=O)[C@@H](C)C1. The van der Waals surface area contributed by atoms with Crippen LogP contribution in [-0.4, -0.2) is 75.2 Å². The minimum absolute atomic E-state index is 0.0361. The third-order valence-electron chi connectivity index (χ3n) is 8.57. The second-order valence-corrected chi connectivity index (χ2v) is 11.9. The van der Waals surface area contributed by atoms with Crippen molar-refractivity contribution in [2.24, 2.45) is 5.92 Å². The van der Waals surface area contributed by atoms with Gasteiger partial charge in [0.15, 0.2) is 0 Å². The number of rotatable bonds is 10. The van der Waals surface area contributed by atoms with Crippen LogP contribution in [0.15, 0.2) is 48.7 Å². The molecule has 1 atom stereocenters. The molecule has 2 amide bonds. The van der Waals surface area contributed by atoms with Crippen LogP contribution in [0.3, 0.4) is 0 Å². The molecule has 2 fully saturated rings. The van der Waals surface area contributed by atoms with Gasteiger partial charge in [-0.25, -0.2) is 9.37 Å². The molecule has 1 aromatic carbocycles. The third-order valence-corrected chi connectivity index (χ3v) is 8.57. The van der Waals surface area contributed by atoms with E-state index < -0.39 is 0 Å². The van der Waals surface area contributed by atoms with E-state index in [0.717, 1.165) is 59.7 Å². The van der Waals surface area contributed by atoms with Crippen LogP contribution < -0.4 is 0 Å². The first kappa shape index (κ1) is 31.3. The summed E-state index contributed by atoms with van der Waals surface area (Å²) in [6.07, 6.45) is 7.83. The van der Waals surface area contributed by atoms with Crippen molar-refractivity contribution in [3.05, 3.63) is 71.6 Å². The molecule has 2 saturated heterocycles. The van der Waals surface area contributed by atoms with Crippen LogP contribution in [0.25, 0.3) is 16.8 Å². The lowest BCUT2D eigenvalue weighted by atomic mass is 9.93. The number of aromatic amines is 1. The Labute approximate surface area is 250 Å². The number of imidazole rings is 1. The number of carbonyl (C=O) groups excluding carboxylic acids is 2. The number of amides is 2. The molecule has 0 aliphatic carbocycles. The molecular formula is C34H46FN5O2. The molecule has 42 heavy (non-hydrogen) atoms. The van der Waals surface area contributed by atoms with E-state index in [-0.39, 0.29) is 29.6 Å². The van der Waals surface area contributed by atoms with Crippen molar-refractivity contribution in [1.82, 2.24) is 24.7 Å². The lowest BCUT2D eigenvalue weighted by Crippen LogP contribution is -2.53. The molecule has 2 aromatic rings. The average molecular weight is 576 g/mol. The first-order chi connectivity index (χ1) is 20.1. The van der Waals surface area contributed by atoms with Gasteiger partial charge in [-0.2, -0.15) is 0 Å². The fourth-order valence-corrected chi connectivity index (χ4v) is 5.77. The number of hydrogen-bond acceptors (Lipinski definition) is 4. The third kappa shape index (κ3) is 7.39. The molecule has 0 radical (unpaired) electrons. The number of nitrogens with zero attached hydrogens (tertiary/aromatic N) is 4. The van der Waals surface area contributed by atoms with E-state index in [0.29, 0.717) is 39.0 Å². The van der Waals surface area contributed by atoms with E-state index in [1.165, 1.54) is 17.7 Å². The summed E-state index contributed by atoms with van der Waals surface area (Å²) in [5, 5.41) is 0. The fraction of sp³-hybridized carbons (Fsp3) is 0.500. The summed E-state index contributed by atoms with van der Waals surface area (Å²) in [5.74, 6) is 1.02. The number of benzene rings is 1. The van der Waals surface area contributed by atoms with E-state index in [1.54, 1.807) is 0 Å². The molecule has 0 unspecified atom stereocenters. The van der Waals surface area contributed by atoms with Gasteiger partial charge in [-0.15, -0.1) is 0 Å². The molecule has 0 saturated carbocycles. The van der Waals surface area contributed by atoms with E-state index in [4.69, 9.17) is 4.98 Å². The Balaban J connectivity index is 1.44. The van der Waals surface area contributed by atoms with Gasteiger partial charge in [0.05, 0.1) is 17.6 Å². The summed E-state index contributed by atoms with van der Waals surface area (Å²) in [4.78, 5) is 39.4. The van der Waals surface area contributed by atoms with Gasteiger partial charge in [0.25, 0.3) is 0 Å². The largest absolute Gasteiger partial charge is 0.366 e. The van der Waals surface area contributed by atoms with Gasteiger partial charge >= 0.3 is 0 Å². The average Bonchev–Trinajstić information content (AvgIpc) is 3.46. The monoisotopic (exact) mass is 575 g/mol. The van der Waals surface area contributed by atoms with Crippen LogP contribution in [0.2, 0.25) is 0 Å². The quantitative estimate of drug-likeness (QED) is 0.334. The number of hydrogen-bond donors (Lipinski definition) is 1. The van der Waals surface area contributed by atoms with Crippen molar-refractivity contribution in [3.8, 4) is 0 Å². The molecule has 7 nitrogen and oxygen atoms in total. The number of piperidine rings is 1. The van der Waals surface area contributed by atoms with Gasteiger partial charge in [-0.1, -0.05) is 45.1 Å². The highest BCUT2D eigenvalue weighted by Gasteiger charge is 2.29. The fourth-order valence-electron chi connectivity index (χ4n) is 5.77. The van der Waals surface area contributed by atoms with Gasteiger partial charge in [0.2, 0.25) is 11.8 Å². The normalized spacial score (nSPS) is 18.9. The zero-order valence-corrected chi connectivity index (χ0v) is 25.9. The van der Waals surface area contributed by atoms with Crippen LogP contribution in [0.1, 0.15) is 83.8 Å². The van der Waals surface area contributed by atoms with Crippen molar-refractivity contribution in [2.75, 3.05) is 32.7 Å². The summed E-state index contributed by atoms with van der Waals surface area (Å²) < 4.78 is 13.6. The molecule has 0 spiro atoms. The van der Waals surface area contributed by atoms with E-state index in [1.807, 2.05) is 28.1 Å². The van der Waals surface area contributed by atoms with Crippen molar-refractivity contribution in [2.45, 2.75) is 72.8 Å². The molecule has 226 valence electrons. The van der Waals surface area contributed by atoms with E-state index in [9.17, 15) is 14.0 Å². The predicted molar refractivity (Wildman–Crippen MR) is 168 cm³/mol. The number of aromatic nitrogens is 2. The van der Waals surface area contributed by atoms with Crippen LogP contribution in [0.4, 0.5) is 4.39 Å². The topological polar surface area (TPSA) is 72.5 Å². The zero-order chi connectivity index (χ0) is 30.4. The maximum atomic E-state index is 13.6. The second kappa shape index (κ2) is 14.0. The Morgan fingerprint density at radius 2 is 1.93 bits per heavy atom. The first-order valence-corrected chi connectivity index (χ1v) is 15.3. The van der Waals surface area contributed by atoms with Crippen LogP contribution in [0, 0.1) is 11.7 Å². The van der Waals surface area contributed by atoms with Crippen LogP contribution in [0.5, 0.6) is 0 Å². The molecule has 0 bridgehead atoms. The predicted octanol–water partition coefficient (Wildman–Crippen LogP) is 6.38. The molecule has 4 rings (SSSR count). The molecule has 8 heteroatoms. The van der Waals surface area contributed by atoms with Gasteiger partial charge in [0, 0.05) is 51.6 Å². The molecule has 2 aliphatic heterocycles. The Morgan fingerprint density at radius 1 is 1.19 bits per heavy atom. The minimum Gasteiger partial charge on any atom is -0.366 e. The smallest absolute Gasteiger partial charge is 0.224 e. The van der Waals surface area contributed by atoms with Gasteiger partial charge < -0.3 is 19.7 Å². The number of nitrogens with one attached hydrogen (secondary N) is 1. The molecule has 1 N–H and O–H groups in total. The summed E-state index contributed by atoms with van der Waals surface area (Å²) in [6.45, 7) is 18.2. The standard InChI is InChI=1S/C34H46FN5O2/c1-7-24(4)30(27-11-13-28(35)14-12-27)20-29(23(2)3)34-36-21-31(37-34)26(6)39-18-19-40(25(5)22-39)33(42)15-17-38-16-9-8-10-32(38)41/h11-14,20-21,23,25H,6-10,15-19,22H2,1-5H3,(H,36,37)/b29-20-,30-24-/t25-/m0/s1. The lowest BCUT2D eigenvalue weighted by Gasteiger charge is -2.41. The number of halogens is 1. The first-order valence-electron chi connectivity index (χ1n) is 15.3. The highest BCUT2D eigenvalue weighted by Crippen LogP contribution is 2.31. The number of H-pyrrole nitrogens is 1. The maximum Gasteiger partial charge on any atom is 0.224 e. The van der Waals surface area contributed by atoms with Crippen molar-refractivity contribution >= 4 is 28.7 Å². The Morgan fingerprint density at radius 3 is 2.57 bits per heavy atom. The zero-order valence-electron chi connectivity index (χ0n) is 25.9. The minimum atomic E-state index is -0.247. The van der Waals surface area contributed by atoms with Gasteiger partial charge in [-0.3, -0.25) is 9.59 Å². The maximum absolute atomic E-state index is 13.6. The Hall–Kier alpha value is -3.68. The van der Waals surface area contributed by atoms with E-state index >= 15 is 0 Å². The van der Waals surface area contributed by atoms with Crippen molar-refractivity contribution in [1.29, 1.82) is 0 Å². The molecular weight excluding hydrogens is 529 g/mol. The number of likely N-dealkylation sites (tertiary alicyclic amines) is 1. The molecule has 2 aliphatic rings. The summed E-state index contributed by atoms with van der Waals surface area (Å²) in [5.41, 5.74) is 6.06. The molecule has 3 heterocycles. The highest BCUT2D eigenvalue weighted by molar-refractivity contribution is 5.85. The van der Waals surface area contributed by atoms with Gasteiger partial charge in [-0.05, 0) is 73.9 Å². The summed E-state index contributed by atoms with van der Waals surface area (Å²) >= 11 is 0. The molecule has 1 aromatic heterocycles. The number of piperazine rings is 1. The van der Waals surface area contributed by atoms with Crippen LogP contribution in [-0.2, 0) is 9.59 Å². The van der Waals surface area contributed by atoms with Gasteiger partial charge in [0.1, 0.15) is 11.6 Å². The second-order valence-electron chi connectivity index (χ2n) is 11.9. The highest BCUT2D eigenvalue weighted by atomic mass is 19.1. The lowest BCUT2D eigenvalue weighted by molar-refractivity contribution is -0.137. The van der Waals surface area contributed by atoms with Crippen molar-refractivity contribution in [3.63, 3.8) is 0 Å². The van der Waals surface area contributed by atoms with Crippen molar-refractivity contribution < 1.29 is 14.0 Å². The van der Waals surface area contributed by atoms with Crippen LogP contribution >= 0.6 is 0 Å². The summed E-state index contributed by atoms with van der Waals surface area (Å²) in [6, 6.07) is 6.69. The summed E-state index contributed by atoms with van der Waals surface area (Å²) in [7, 11) is 0. The van der Waals surface area contributed by atoms with E-state index in [2.05, 4.69) is 57.2 Å².